The van der Waals surface area contributed by atoms with Gasteiger partial charge >= 0.3 is 0 Å². The number of aromatic nitrogens is 1. The molecule has 1 aromatic heterocycles. The minimum absolute atomic E-state index is 0.0668. The number of anilines is 1. The molecule has 0 aliphatic rings. The first-order valence-corrected chi connectivity index (χ1v) is 9.04. The Morgan fingerprint density at radius 3 is 2.74 bits per heavy atom. The van der Waals surface area contributed by atoms with E-state index in [1.54, 1.807) is 43.5 Å². The van der Waals surface area contributed by atoms with Gasteiger partial charge in [-0.2, -0.15) is 0 Å². The van der Waals surface area contributed by atoms with Crippen LogP contribution in [-0.4, -0.2) is 37.4 Å². The predicted octanol–water partition coefficient (Wildman–Crippen LogP) is 1.50. The Bertz CT molecular complexity index is 804. The number of carbonyl (C=O) groups excluding carboxylic acids is 1. The van der Waals surface area contributed by atoms with Crippen molar-refractivity contribution >= 4 is 21.4 Å². The fourth-order valence-corrected chi connectivity index (χ4v) is 2.73. The molecule has 0 unspecified atom stereocenters. The van der Waals surface area contributed by atoms with Crippen LogP contribution in [0.15, 0.2) is 42.6 Å². The molecule has 0 saturated heterocycles. The lowest BCUT2D eigenvalue weighted by Crippen LogP contribution is -2.29. The van der Waals surface area contributed by atoms with Crippen molar-refractivity contribution in [2.45, 2.75) is 6.92 Å². The molecule has 1 amide bonds. The minimum atomic E-state index is -3.10. The van der Waals surface area contributed by atoms with Crippen LogP contribution in [0.2, 0.25) is 0 Å². The summed E-state index contributed by atoms with van der Waals surface area (Å²) in [5, 5.41) is 2.61. The second-order valence-electron chi connectivity index (χ2n) is 5.01. The van der Waals surface area contributed by atoms with Gasteiger partial charge in [-0.15, -0.1) is 0 Å². The fourth-order valence-electron chi connectivity index (χ4n) is 2.03. The van der Waals surface area contributed by atoms with E-state index in [0.717, 1.165) is 5.56 Å². The molecule has 1 heterocycles. The fraction of sp³-hybridized carbons (Fsp3) is 0.250. The summed E-state index contributed by atoms with van der Waals surface area (Å²) in [6.45, 7) is 1.67. The zero-order valence-corrected chi connectivity index (χ0v) is 13.6. The van der Waals surface area contributed by atoms with E-state index in [1.165, 1.54) is 0 Å². The van der Waals surface area contributed by atoms with Crippen molar-refractivity contribution in [3.63, 3.8) is 0 Å². The minimum Gasteiger partial charge on any atom is -0.397 e. The number of carbonyl (C=O) groups is 1. The van der Waals surface area contributed by atoms with Gasteiger partial charge in [-0.3, -0.25) is 9.78 Å². The third-order valence-corrected chi connectivity index (χ3v) is 5.08. The molecule has 0 aliphatic heterocycles. The number of hydrogen-bond donors (Lipinski definition) is 2. The molecule has 0 spiro atoms. The van der Waals surface area contributed by atoms with E-state index in [2.05, 4.69) is 10.3 Å². The van der Waals surface area contributed by atoms with Gasteiger partial charge in [0.15, 0.2) is 9.84 Å². The first-order valence-electron chi connectivity index (χ1n) is 7.22. The van der Waals surface area contributed by atoms with Gasteiger partial charge in [-0.1, -0.05) is 19.1 Å². The molecule has 0 atom stereocenters. The van der Waals surface area contributed by atoms with Crippen molar-refractivity contribution in [3.05, 3.63) is 48.2 Å². The number of nitrogens with one attached hydrogen (secondary N) is 1. The molecular weight excluding hydrogens is 314 g/mol. The van der Waals surface area contributed by atoms with Crippen LogP contribution in [-0.2, 0) is 9.84 Å². The Balaban J connectivity index is 2.11. The third kappa shape index (κ3) is 4.53. The molecule has 0 radical (unpaired) electrons. The van der Waals surface area contributed by atoms with Crippen molar-refractivity contribution in [1.29, 1.82) is 0 Å². The van der Waals surface area contributed by atoms with Gasteiger partial charge in [-0.25, -0.2) is 8.42 Å². The molecule has 0 bridgehead atoms. The SMILES string of the molecule is CCS(=O)(=O)CCNC(=O)c1cccc(-c2ncccc2N)c1. The lowest BCUT2D eigenvalue weighted by Gasteiger charge is -2.08. The zero-order chi connectivity index (χ0) is 16.9. The average Bonchev–Trinajstić information content (AvgIpc) is 2.55. The highest BCUT2D eigenvalue weighted by Crippen LogP contribution is 2.23. The van der Waals surface area contributed by atoms with Crippen LogP contribution in [0.3, 0.4) is 0 Å². The quantitative estimate of drug-likeness (QED) is 0.834. The summed E-state index contributed by atoms with van der Waals surface area (Å²) in [5.41, 5.74) is 8.19. The van der Waals surface area contributed by atoms with E-state index < -0.39 is 9.84 Å². The second-order valence-corrected chi connectivity index (χ2v) is 7.49. The van der Waals surface area contributed by atoms with E-state index in [1.807, 2.05) is 6.07 Å². The largest absolute Gasteiger partial charge is 0.397 e. The number of nitrogens with zero attached hydrogens (tertiary/aromatic N) is 1. The van der Waals surface area contributed by atoms with Crippen LogP contribution < -0.4 is 11.1 Å². The molecule has 0 saturated carbocycles. The maximum absolute atomic E-state index is 12.1. The van der Waals surface area contributed by atoms with Gasteiger partial charge in [0.25, 0.3) is 5.91 Å². The summed E-state index contributed by atoms with van der Waals surface area (Å²) < 4.78 is 22.8. The van der Waals surface area contributed by atoms with Crippen LogP contribution >= 0.6 is 0 Å². The Morgan fingerprint density at radius 1 is 1.26 bits per heavy atom. The summed E-state index contributed by atoms with van der Waals surface area (Å²) in [4.78, 5) is 16.3. The Kier molecular flexibility index (Phi) is 5.33. The maximum Gasteiger partial charge on any atom is 0.251 e. The van der Waals surface area contributed by atoms with Crippen LogP contribution in [0, 0.1) is 0 Å². The van der Waals surface area contributed by atoms with Crippen molar-refractivity contribution in [3.8, 4) is 11.3 Å². The molecule has 23 heavy (non-hydrogen) atoms. The number of hydrogen-bond acceptors (Lipinski definition) is 5. The topological polar surface area (TPSA) is 102 Å². The van der Waals surface area contributed by atoms with Gasteiger partial charge in [0.1, 0.15) is 0 Å². The van der Waals surface area contributed by atoms with Crippen molar-refractivity contribution in [2.24, 2.45) is 0 Å². The highest BCUT2D eigenvalue weighted by molar-refractivity contribution is 7.91. The van der Waals surface area contributed by atoms with Crippen molar-refractivity contribution in [1.82, 2.24) is 10.3 Å². The Hall–Kier alpha value is -2.41. The average molecular weight is 333 g/mol. The Labute approximate surface area is 135 Å². The normalized spacial score (nSPS) is 11.2. The summed E-state index contributed by atoms with van der Waals surface area (Å²) in [6.07, 6.45) is 1.63. The number of rotatable bonds is 6. The first kappa shape index (κ1) is 17.0. The van der Waals surface area contributed by atoms with Crippen LogP contribution in [0.25, 0.3) is 11.3 Å². The van der Waals surface area contributed by atoms with Crippen molar-refractivity contribution < 1.29 is 13.2 Å². The van der Waals surface area contributed by atoms with Gasteiger partial charge in [0.05, 0.1) is 17.1 Å². The molecule has 3 N–H and O–H groups in total. The van der Waals surface area contributed by atoms with E-state index >= 15 is 0 Å². The number of benzene rings is 1. The molecule has 0 fully saturated rings. The maximum atomic E-state index is 12.1. The molecule has 2 aromatic rings. The first-order chi connectivity index (χ1) is 10.9. The van der Waals surface area contributed by atoms with E-state index in [0.29, 0.717) is 16.9 Å². The zero-order valence-electron chi connectivity index (χ0n) is 12.8. The van der Waals surface area contributed by atoms with Crippen LogP contribution in [0.4, 0.5) is 5.69 Å². The molecule has 2 rings (SSSR count). The summed E-state index contributed by atoms with van der Waals surface area (Å²) in [6, 6.07) is 10.4. The highest BCUT2D eigenvalue weighted by atomic mass is 32.2. The second kappa shape index (κ2) is 7.23. The lowest BCUT2D eigenvalue weighted by molar-refractivity contribution is 0.0956. The van der Waals surface area contributed by atoms with Gasteiger partial charge < -0.3 is 11.1 Å². The van der Waals surface area contributed by atoms with Gasteiger partial charge in [0.2, 0.25) is 0 Å². The third-order valence-electron chi connectivity index (χ3n) is 3.38. The number of nitrogens with two attached hydrogens (primary N) is 1. The summed E-state index contributed by atoms with van der Waals surface area (Å²) in [7, 11) is -3.10. The number of nitrogen functional groups attached to an aromatic ring is 1. The highest BCUT2D eigenvalue weighted by Gasteiger charge is 2.11. The number of sulfone groups is 1. The lowest BCUT2D eigenvalue weighted by atomic mass is 10.1. The summed E-state index contributed by atoms with van der Waals surface area (Å²) in [5.74, 6) is -0.327. The van der Waals surface area contributed by atoms with Gasteiger partial charge in [-0.05, 0) is 24.3 Å². The molecule has 122 valence electrons. The number of amides is 1. The van der Waals surface area contributed by atoms with Crippen LogP contribution in [0.1, 0.15) is 17.3 Å². The smallest absolute Gasteiger partial charge is 0.251 e. The molecule has 0 aliphatic carbocycles. The summed E-state index contributed by atoms with van der Waals surface area (Å²) >= 11 is 0. The monoisotopic (exact) mass is 333 g/mol. The van der Waals surface area contributed by atoms with E-state index in [-0.39, 0.29) is 24.0 Å². The number of pyridine rings is 1. The standard InChI is InChI=1S/C16H19N3O3S/c1-2-23(21,22)10-9-19-16(20)13-6-3-5-12(11-13)15-14(17)7-4-8-18-15/h3-8,11H,2,9-10,17H2,1H3,(H,19,20). The molecule has 7 heteroatoms. The molecule has 6 nitrogen and oxygen atoms in total. The van der Waals surface area contributed by atoms with Crippen molar-refractivity contribution in [2.75, 3.05) is 23.8 Å². The van der Waals surface area contributed by atoms with Gasteiger partial charge in [0, 0.05) is 29.6 Å². The molecular formula is C16H19N3O3S. The van der Waals surface area contributed by atoms with Crippen LogP contribution in [0.5, 0.6) is 0 Å². The Morgan fingerprint density at radius 2 is 2.04 bits per heavy atom. The van der Waals surface area contributed by atoms with E-state index in [9.17, 15) is 13.2 Å². The predicted molar refractivity (Wildman–Crippen MR) is 90.7 cm³/mol. The molecule has 1 aromatic carbocycles. The van der Waals surface area contributed by atoms with E-state index in [4.69, 9.17) is 5.73 Å².